The molecule has 1 aliphatic carbocycles. The predicted molar refractivity (Wildman–Crippen MR) is 50.1 cm³/mol. The molecule has 0 aromatic rings. The van der Waals surface area contributed by atoms with Gasteiger partial charge in [0, 0.05) is 26.1 Å². The van der Waals surface area contributed by atoms with Crippen LogP contribution in [-0.4, -0.2) is 53.2 Å². The number of methoxy groups -OCH3 is 2. The number of hydrogen-bond donors (Lipinski definition) is 0. The van der Waals surface area contributed by atoms with Crippen LogP contribution in [0, 0.1) is 5.92 Å². The summed E-state index contributed by atoms with van der Waals surface area (Å²) in [4.78, 5) is 0. The number of hydrogen-bond acceptors (Lipinski definition) is 4. The van der Waals surface area contributed by atoms with Crippen LogP contribution in [0.2, 0.25) is 0 Å². The monoisotopic (exact) mass is 198 g/mol. The maximum Gasteiger partial charge on any atom is 0.146 e. The van der Waals surface area contributed by atoms with Crippen LogP contribution in [0.4, 0.5) is 0 Å². The summed E-state index contributed by atoms with van der Waals surface area (Å²) in [5, 5.41) is 0. The Labute approximate surface area is 85.3 Å². The minimum Gasteiger partial charge on any atom is -0.382 e. The first-order valence-corrected chi connectivity index (χ1v) is 4.76. The van der Waals surface area contributed by atoms with Crippen LogP contribution in [0.15, 0.2) is 0 Å². The molecular weight excluding hydrogens is 183 g/mol. The number of rotatable bonds is 5. The third kappa shape index (κ3) is 1.58. The molecule has 1 aliphatic heterocycles. The van der Waals surface area contributed by atoms with Gasteiger partial charge in [0.15, 0.2) is 0 Å². The van der Waals surface area contributed by atoms with Crippen LogP contribution in [0.25, 0.3) is 0 Å². The average Bonchev–Trinajstić information content (AvgIpc) is 2.74. The molecule has 2 aliphatic rings. The van der Waals surface area contributed by atoms with Crippen LogP contribution < -0.4 is 0 Å². The van der Waals surface area contributed by atoms with Gasteiger partial charge in [-0.2, -0.15) is 0 Å². The van der Waals surface area contributed by atoms with Gasteiger partial charge in [0.05, 0.1) is 18.3 Å². The van der Waals surface area contributed by atoms with Gasteiger partial charge in [0.25, 0.3) is 0 Å². The first kappa shape index (κ1) is 10.4. The van der Waals surface area contributed by atoms with E-state index in [1.807, 2.05) is 0 Å². The Bertz CT molecular complexity index is 213. The Hall–Kier alpha value is -0.0951. The maximum atomic E-state index is 5.80. The van der Waals surface area contributed by atoms with Crippen molar-refractivity contribution in [1.29, 1.82) is 0 Å². The molecule has 1 saturated carbocycles. The highest BCUT2D eigenvalue weighted by Crippen LogP contribution is 2.56. The van der Waals surface area contributed by atoms with Crippen LogP contribution in [0.1, 0.15) is 6.42 Å². The van der Waals surface area contributed by atoms with Crippen molar-refractivity contribution in [3.8, 4) is 0 Å². The van der Waals surface area contributed by atoms with Gasteiger partial charge in [0.2, 0.25) is 0 Å². The van der Waals surface area contributed by atoms with E-state index in [0.29, 0.717) is 12.5 Å². The molecule has 0 spiro atoms. The van der Waals surface area contributed by atoms with E-state index in [4.69, 9.17) is 26.8 Å². The van der Waals surface area contributed by atoms with Gasteiger partial charge < -0.3 is 18.9 Å². The lowest BCUT2D eigenvalue weighted by Crippen LogP contribution is -2.30. The standard InChI is InChI=1S/C9H15BO4/c1-11-4-9-3-6(9)7(8(10)14-9)13-5-12-2/h6-8H,3-5H2,1-2H3/t6?,7-,8-,9-/m1/s1. The van der Waals surface area contributed by atoms with E-state index in [1.165, 1.54) is 0 Å². The maximum absolute atomic E-state index is 5.80. The summed E-state index contributed by atoms with van der Waals surface area (Å²) in [5.74, 6) is 0.368. The van der Waals surface area contributed by atoms with E-state index >= 15 is 0 Å². The van der Waals surface area contributed by atoms with E-state index in [0.717, 1.165) is 6.42 Å². The molecule has 4 nitrogen and oxygen atoms in total. The van der Waals surface area contributed by atoms with Gasteiger partial charge in [0.1, 0.15) is 14.6 Å². The molecule has 0 amide bonds. The van der Waals surface area contributed by atoms with Crippen molar-refractivity contribution in [2.24, 2.45) is 5.92 Å². The quantitative estimate of drug-likeness (QED) is 0.456. The summed E-state index contributed by atoms with van der Waals surface area (Å²) in [5.41, 5.74) is -0.174. The number of ether oxygens (including phenoxy) is 4. The summed E-state index contributed by atoms with van der Waals surface area (Å²) in [6.07, 6.45) is 0.924. The second-order valence-electron chi connectivity index (χ2n) is 3.93. The highest BCUT2D eigenvalue weighted by atomic mass is 16.7. The van der Waals surface area contributed by atoms with Crippen molar-refractivity contribution >= 4 is 7.85 Å². The molecule has 2 rings (SSSR count). The Morgan fingerprint density at radius 1 is 1.43 bits per heavy atom. The fraction of sp³-hybridized carbons (Fsp3) is 1.00. The van der Waals surface area contributed by atoms with Crippen molar-refractivity contribution < 1.29 is 18.9 Å². The zero-order valence-corrected chi connectivity index (χ0v) is 8.56. The fourth-order valence-corrected chi connectivity index (χ4v) is 2.23. The van der Waals surface area contributed by atoms with E-state index < -0.39 is 0 Å². The van der Waals surface area contributed by atoms with Gasteiger partial charge in [-0.15, -0.1) is 0 Å². The van der Waals surface area contributed by atoms with E-state index in [9.17, 15) is 0 Å². The van der Waals surface area contributed by atoms with Gasteiger partial charge in [-0.05, 0) is 6.42 Å². The lowest BCUT2D eigenvalue weighted by molar-refractivity contribution is -0.0970. The normalized spacial score (nSPS) is 45.1. The van der Waals surface area contributed by atoms with Crippen molar-refractivity contribution in [2.75, 3.05) is 27.6 Å². The molecule has 1 heterocycles. The van der Waals surface area contributed by atoms with Crippen LogP contribution in [0.5, 0.6) is 0 Å². The van der Waals surface area contributed by atoms with E-state index in [2.05, 4.69) is 0 Å². The average molecular weight is 198 g/mol. The minimum atomic E-state index is -0.348. The molecule has 2 fully saturated rings. The molecule has 1 unspecified atom stereocenters. The topological polar surface area (TPSA) is 36.9 Å². The van der Waals surface area contributed by atoms with E-state index in [-0.39, 0.29) is 24.5 Å². The predicted octanol–water partition coefficient (Wildman–Crippen LogP) is -0.0946. The second kappa shape index (κ2) is 3.81. The van der Waals surface area contributed by atoms with Crippen molar-refractivity contribution in [2.45, 2.75) is 24.1 Å². The highest BCUT2D eigenvalue weighted by Gasteiger charge is 2.66. The number of fused-ring (bicyclic) bond motifs is 1. The molecule has 0 aromatic heterocycles. The van der Waals surface area contributed by atoms with Crippen LogP contribution in [-0.2, 0) is 18.9 Å². The molecule has 4 atom stereocenters. The Morgan fingerprint density at radius 3 is 2.86 bits per heavy atom. The molecule has 1 saturated heterocycles. The zero-order chi connectivity index (χ0) is 10.2. The molecule has 0 N–H and O–H groups in total. The lowest BCUT2D eigenvalue weighted by Gasteiger charge is -2.19. The van der Waals surface area contributed by atoms with Crippen molar-refractivity contribution in [3.05, 3.63) is 0 Å². The van der Waals surface area contributed by atoms with Gasteiger partial charge in [-0.1, -0.05) is 0 Å². The summed E-state index contributed by atoms with van der Waals surface area (Å²) >= 11 is 0. The summed E-state index contributed by atoms with van der Waals surface area (Å²) in [6, 6.07) is -0.348. The summed E-state index contributed by atoms with van der Waals surface area (Å²) in [7, 11) is 9.06. The smallest absolute Gasteiger partial charge is 0.146 e. The first-order chi connectivity index (χ1) is 6.73. The third-order valence-corrected chi connectivity index (χ3v) is 2.94. The Kier molecular flexibility index (Phi) is 2.84. The fourth-order valence-electron chi connectivity index (χ4n) is 2.23. The SMILES string of the molecule is [B][C@@H]1O[C@@]2(COC)CC2[C@H]1OCOC. The van der Waals surface area contributed by atoms with E-state index in [1.54, 1.807) is 14.2 Å². The molecule has 0 aromatic carbocycles. The van der Waals surface area contributed by atoms with Gasteiger partial charge in [-0.25, -0.2) is 0 Å². The molecular formula is C9H15BO4. The zero-order valence-electron chi connectivity index (χ0n) is 8.56. The molecule has 5 heteroatoms. The van der Waals surface area contributed by atoms with Crippen LogP contribution in [0.3, 0.4) is 0 Å². The van der Waals surface area contributed by atoms with Crippen molar-refractivity contribution in [3.63, 3.8) is 0 Å². The summed E-state index contributed by atoms with van der Waals surface area (Å²) in [6.45, 7) is 0.861. The summed E-state index contributed by atoms with van der Waals surface area (Å²) < 4.78 is 21.1. The van der Waals surface area contributed by atoms with Crippen molar-refractivity contribution in [1.82, 2.24) is 0 Å². The molecule has 78 valence electrons. The Morgan fingerprint density at radius 2 is 2.21 bits per heavy atom. The largest absolute Gasteiger partial charge is 0.382 e. The highest BCUT2D eigenvalue weighted by molar-refractivity contribution is 6.11. The molecule has 14 heavy (non-hydrogen) atoms. The second-order valence-corrected chi connectivity index (χ2v) is 3.93. The first-order valence-electron chi connectivity index (χ1n) is 4.76. The van der Waals surface area contributed by atoms with Crippen LogP contribution >= 0.6 is 0 Å². The minimum absolute atomic E-state index is 0.0508. The lowest BCUT2D eigenvalue weighted by atomic mass is 9.93. The molecule has 0 bridgehead atoms. The third-order valence-electron chi connectivity index (χ3n) is 2.94. The molecule has 2 radical (unpaired) electrons. The van der Waals surface area contributed by atoms with Gasteiger partial charge >= 0.3 is 0 Å². The Balaban J connectivity index is 1.89. The van der Waals surface area contributed by atoms with Gasteiger partial charge in [-0.3, -0.25) is 0 Å².